The molecular weight excluding hydrogens is 224 g/mol. The molecule has 108 valence electrons. The second-order valence-corrected chi connectivity index (χ2v) is 5.79. The van der Waals surface area contributed by atoms with Crippen LogP contribution in [0.25, 0.3) is 0 Å². The van der Waals surface area contributed by atoms with E-state index in [1.54, 1.807) is 7.11 Å². The van der Waals surface area contributed by atoms with E-state index in [1.807, 2.05) is 0 Å². The third kappa shape index (κ3) is 3.94. The highest BCUT2D eigenvalue weighted by Gasteiger charge is 2.36. The van der Waals surface area contributed by atoms with Crippen LogP contribution in [0.1, 0.15) is 58.8 Å². The Labute approximate surface area is 113 Å². The summed E-state index contributed by atoms with van der Waals surface area (Å²) in [5.41, 5.74) is 6.40. The average molecular weight is 256 g/mol. The van der Waals surface area contributed by atoms with Crippen molar-refractivity contribution in [3.63, 3.8) is 0 Å². The SMILES string of the molecule is CCN(C(C)COC)C1(CN)CCCCCCC1. The molecule has 2 N–H and O–H groups in total. The molecule has 0 amide bonds. The van der Waals surface area contributed by atoms with Gasteiger partial charge in [-0.15, -0.1) is 0 Å². The Morgan fingerprint density at radius 1 is 1.17 bits per heavy atom. The van der Waals surface area contributed by atoms with Crippen LogP contribution >= 0.6 is 0 Å². The van der Waals surface area contributed by atoms with E-state index in [0.29, 0.717) is 6.04 Å². The number of hydrogen-bond acceptors (Lipinski definition) is 3. The quantitative estimate of drug-likeness (QED) is 0.794. The van der Waals surface area contributed by atoms with Gasteiger partial charge in [0.15, 0.2) is 0 Å². The van der Waals surface area contributed by atoms with E-state index in [-0.39, 0.29) is 5.54 Å². The van der Waals surface area contributed by atoms with Gasteiger partial charge in [0, 0.05) is 25.2 Å². The minimum atomic E-state index is 0.215. The number of nitrogens with zero attached hydrogens (tertiary/aromatic N) is 1. The highest BCUT2D eigenvalue weighted by atomic mass is 16.5. The summed E-state index contributed by atoms with van der Waals surface area (Å²) in [4.78, 5) is 2.60. The standard InChI is InChI=1S/C15H32N2O/c1-4-17(14(2)12-18-3)15(13-16)10-8-6-5-7-9-11-15/h14H,4-13,16H2,1-3H3. The lowest BCUT2D eigenvalue weighted by atomic mass is 9.81. The molecule has 0 aromatic rings. The first-order valence-corrected chi connectivity index (χ1v) is 7.66. The molecule has 1 aliphatic carbocycles. The minimum Gasteiger partial charge on any atom is -0.383 e. The van der Waals surface area contributed by atoms with Crippen LogP contribution < -0.4 is 5.73 Å². The first kappa shape index (κ1) is 15.9. The Hall–Kier alpha value is -0.120. The largest absolute Gasteiger partial charge is 0.383 e. The van der Waals surface area contributed by atoms with Crippen molar-refractivity contribution in [1.29, 1.82) is 0 Å². The zero-order chi connectivity index (χ0) is 13.4. The summed E-state index contributed by atoms with van der Waals surface area (Å²) in [7, 11) is 1.79. The molecule has 18 heavy (non-hydrogen) atoms. The number of methoxy groups -OCH3 is 1. The second kappa shape index (κ2) is 8.13. The fourth-order valence-electron chi connectivity index (χ4n) is 3.62. The van der Waals surface area contributed by atoms with Crippen LogP contribution in [0.15, 0.2) is 0 Å². The summed E-state index contributed by atoms with van der Waals surface area (Å²) in [6.07, 6.45) is 9.31. The monoisotopic (exact) mass is 256 g/mol. The van der Waals surface area contributed by atoms with Gasteiger partial charge < -0.3 is 10.5 Å². The molecule has 1 fully saturated rings. The predicted molar refractivity (Wildman–Crippen MR) is 77.8 cm³/mol. The van der Waals surface area contributed by atoms with Crippen molar-refractivity contribution in [2.45, 2.75) is 70.4 Å². The number of likely N-dealkylation sites (N-methyl/N-ethyl adjacent to an activating group) is 1. The van der Waals surface area contributed by atoms with Gasteiger partial charge in [-0.25, -0.2) is 0 Å². The minimum absolute atomic E-state index is 0.215. The zero-order valence-corrected chi connectivity index (χ0v) is 12.6. The molecule has 0 radical (unpaired) electrons. The molecule has 3 heteroatoms. The Kier molecular flexibility index (Phi) is 7.20. The van der Waals surface area contributed by atoms with Gasteiger partial charge in [0.2, 0.25) is 0 Å². The van der Waals surface area contributed by atoms with Gasteiger partial charge in [-0.05, 0) is 26.3 Å². The Bertz CT molecular complexity index is 213. The number of nitrogens with two attached hydrogens (primary N) is 1. The maximum absolute atomic E-state index is 6.19. The van der Waals surface area contributed by atoms with Crippen molar-refractivity contribution in [2.75, 3.05) is 26.8 Å². The molecule has 1 aliphatic rings. The summed E-state index contributed by atoms with van der Waals surface area (Å²) in [5.74, 6) is 0. The topological polar surface area (TPSA) is 38.5 Å². The Morgan fingerprint density at radius 3 is 2.17 bits per heavy atom. The maximum Gasteiger partial charge on any atom is 0.0615 e. The van der Waals surface area contributed by atoms with Crippen molar-refractivity contribution < 1.29 is 4.74 Å². The Morgan fingerprint density at radius 2 is 1.72 bits per heavy atom. The third-order valence-corrected chi connectivity index (χ3v) is 4.55. The number of hydrogen-bond donors (Lipinski definition) is 1. The van der Waals surface area contributed by atoms with Crippen LogP contribution in [-0.2, 0) is 4.74 Å². The van der Waals surface area contributed by atoms with Crippen LogP contribution in [0.5, 0.6) is 0 Å². The average Bonchev–Trinajstić information content (AvgIpc) is 2.33. The van der Waals surface area contributed by atoms with Crippen LogP contribution in [0, 0.1) is 0 Å². The predicted octanol–water partition coefficient (Wildman–Crippen LogP) is 2.79. The molecule has 0 aliphatic heterocycles. The van der Waals surface area contributed by atoms with Crippen LogP contribution in [0.4, 0.5) is 0 Å². The highest BCUT2D eigenvalue weighted by molar-refractivity contribution is 4.94. The molecule has 0 bridgehead atoms. The van der Waals surface area contributed by atoms with Crippen molar-refractivity contribution in [1.82, 2.24) is 4.90 Å². The molecule has 1 atom stereocenters. The van der Waals surface area contributed by atoms with Gasteiger partial charge in [0.05, 0.1) is 6.61 Å². The summed E-state index contributed by atoms with van der Waals surface area (Å²) in [6.45, 7) is 7.18. The van der Waals surface area contributed by atoms with Crippen LogP contribution in [-0.4, -0.2) is 43.3 Å². The molecule has 0 aromatic heterocycles. The normalized spacial score (nSPS) is 22.5. The van der Waals surface area contributed by atoms with Gasteiger partial charge in [-0.2, -0.15) is 0 Å². The van der Waals surface area contributed by atoms with E-state index >= 15 is 0 Å². The molecule has 0 aromatic carbocycles. The molecule has 1 rings (SSSR count). The molecule has 0 spiro atoms. The van der Waals surface area contributed by atoms with Gasteiger partial charge >= 0.3 is 0 Å². The summed E-state index contributed by atoms with van der Waals surface area (Å²) in [5, 5.41) is 0. The molecule has 0 saturated heterocycles. The van der Waals surface area contributed by atoms with Gasteiger partial charge in [0.25, 0.3) is 0 Å². The summed E-state index contributed by atoms with van der Waals surface area (Å²) < 4.78 is 5.34. The van der Waals surface area contributed by atoms with E-state index in [4.69, 9.17) is 10.5 Å². The van der Waals surface area contributed by atoms with E-state index in [0.717, 1.165) is 19.7 Å². The molecular formula is C15H32N2O. The first-order valence-electron chi connectivity index (χ1n) is 7.66. The Balaban J connectivity index is 2.79. The lowest BCUT2D eigenvalue weighted by Crippen LogP contribution is -2.58. The van der Waals surface area contributed by atoms with Crippen molar-refractivity contribution >= 4 is 0 Å². The molecule has 0 heterocycles. The molecule has 1 saturated carbocycles. The van der Waals surface area contributed by atoms with E-state index < -0.39 is 0 Å². The van der Waals surface area contributed by atoms with Gasteiger partial charge in [-0.3, -0.25) is 4.90 Å². The highest BCUT2D eigenvalue weighted by Crippen LogP contribution is 2.32. The van der Waals surface area contributed by atoms with Gasteiger partial charge in [-0.1, -0.05) is 39.0 Å². The first-order chi connectivity index (χ1) is 8.70. The second-order valence-electron chi connectivity index (χ2n) is 5.79. The van der Waals surface area contributed by atoms with Crippen LogP contribution in [0.2, 0.25) is 0 Å². The van der Waals surface area contributed by atoms with E-state index in [2.05, 4.69) is 18.7 Å². The fourth-order valence-corrected chi connectivity index (χ4v) is 3.62. The van der Waals surface area contributed by atoms with E-state index in [9.17, 15) is 0 Å². The molecule has 1 unspecified atom stereocenters. The smallest absolute Gasteiger partial charge is 0.0615 e. The third-order valence-electron chi connectivity index (χ3n) is 4.55. The number of rotatable bonds is 6. The van der Waals surface area contributed by atoms with Crippen LogP contribution in [0.3, 0.4) is 0 Å². The molecule has 3 nitrogen and oxygen atoms in total. The van der Waals surface area contributed by atoms with Crippen molar-refractivity contribution in [3.05, 3.63) is 0 Å². The zero-order valence-electron chi connectivity index (χ0n) is 12.6. The van der Waals surface area contributed by atoms with E-state index in [1.165, 1.54) is 44.9 Å². The van der Waals surface area contributed by atoms with Crippen molar-refractivity contribution in [2.24, 2.45) is 5.73 Å². The summed E-state index contributed by atoms with van der Waals surface area (Å²) in [6, 6.07) is 0.461. The lowest BCUT2D eigenvalue weighted by molar-refractivity contribution is 0.00504. The summed E-state index contributed by atoms with van der Waals surface area (Å²) >= 11 is 0. The number of ether oxygens (including phenoxy) is 1. The lowest BCUT2D eigenvalue weighted by Gasteiger charge is -2.47. The van der Waals surface area contributed by atoms with Gasteiger partial charge in [0.1, 0.15) is 0 Å². The fraction of sp³-hybridized carbons (Fsp3) is 1.00. The maximum atomic E-state index is 6.19. The van der Waals surface area contributed by atoms with Crippen molar-refractivity contribution in [3.8, 4) is 0 Å².